The number of hydrogen-bond donors (Lipinski definition) is 0. The van der Waals surface area contributed by atoms with Gasteiger partial charge in [0.15, 0.2) is 0 Å². The van der Waals surface area contributed by atoms with Crippen LogP contribution in [-0.2, 0) is 0 Å². The summed E-state index contributed by atoms with van der Waals surface area (Å²) in [5, 5.41) is 0. The molecule has 0 saturated heterocycles. The van der Waals surface area contributed by atoms with Crippen molar-refractivity contribution in [2.75, 3.05) is 0 Å². The molecule has 56 valence electrons. The molecule has 0 aromatic carbocycles. The Labute approximate surface area is 63.0 Å². The fourth-order valence-electron chi connectivity index (χ4n) is 3.57. The summed E-state index contributed by atoms with van der Waals surface area (Å²) in [6, 6.07) is 0. The van der Waals surface area contributed by atoms with Crippen LogP contribution >= 0.6 is 0 Å². The predicted molar refractivity (Wildman–Crippen MR) is 41.7 cm³/mol. The molecule has 5 rings (SSSR count). The van der Waals surface area contributed by atoms with Crippen molar-refractivity contribution in [3.05, 3.63) is 0 Å². The molecular formula is C10H16. The molecule has 0 aromatic rings. The van der Waals surface area contributed by atoms with Crippen LogP contribution in [0.5, 0.6) is 0 Å². The minimum atomic E-state index is 1.20. The van der Waals surface area contributed by atoms with E-state index in [2.05, 4.69) is 0 Å². The highest BCUT2D eigenvalue weighted by Gasteiger charge is 2.53. The van der Waals surface area contributed by atoms with Crippen molar-refractivity contribution >= 4 is 0 Å². The van der Waals surface area contributed by atoms with Crippen LogP contribution < -0.4 is 0 Å². The van der Waals surface area contributed by atoms with Gasteiger partial charge in [0.1, 0.15) is 0 Å². The summed E-state index contributed by atoms with van der Waals surface area (Å²) >= 11 is 0. The van der Waals surface area contributed by atoms with Crippen LogP contribution in [0.1, 0.15) is 38.5 Å². The smallest absolute Gasteiger partial charge is 0.0352 e. The summed E-state index contributed by atoms with van der Waals surface area (Å²) in [5.74, 6) is 4.85. The lowest BCUT2D eigenvalue weighted by Crippen LogP contribution is -2.52. The second-order valence-corrected chi connectivity index (χ2v) is 4.60. The highest BCUT2D eigenvalue weighted by Crippen LogP contribution is 2.61. The summed E-state index contributed by atoms with van der Waals surface area (Å²) in [4.78, 5) is 0. The monoisotopic (exact) mass is 136 g/mol. The molecule has 5 aliphatic rings. The van der Waals surface area contributed by atoms with Crippen molar-refractivity contribution in [3.8, 4) is 0 Å². The lowest BCUT2D eigenvalue weighted by Gasteiger charge is -2.60. The lowest BCUT2D eigenvalue weighted by molar-refractivity contribution is -0.105. The van der Waals surface area contributed by atoms with Crippen molar-refractivity contribution < 1.29 is 0 Å². The first-order valence-electron chi connectivity index (χ1n) is 4.95. The Bertz CT molecular complexity index is 116. The van der Waals surface area contributed by atoms with Gasteiger partial charge in [0.25, 0.3) is 0 Å². The summed E-state index contributed by atoms with van der Waals surface area (Å²) in [6.07, 6.45) is 9.49. The van der Waals surface area contributed by atoms with Crippen LogP contribution in [0, 0.1) is 23.7 Å². The Kier molecular flexibility index (Phi) is 1.00. The van der Waals surface area contributed by atoms with Crippen molar-refractivity contribution in [2.45, 2.75) is 38.5 Å². The zero-order valence-electron chi connectivity index (χ0n) is 6.55. The topological polar surface area (TPSA) is 0 Å². The summed E-state index contributed by atoms with van der Waals surface area (Å²) in [7, 11) is 0. The van der Waals surface area contributed by atoms with E-state index in [1.54, 1.807) is 38.5 Å². The van der Waals surface area contributed by atoms with Gasteiger partial charge in [0, 0.05) is 0 Å². The summed E-state index contributed by atoms with van der Waals surface area (Å²) < 4.78 is 0. The maximum Gasteiger partial charge on any atom is -0.0352 e. The molecule has 0 nitrogen and oxygen atoms in total. The van der Waals surface area contributed by atoms with Gasteiger partial charge in [0.05, 0.1) is 0 Å². The summed E-state index contributed by atoms with van der Waals surface area (Å²) in [6.45, 7) is 0. The maximum atomic E-state index is 1.62. The predicted octanol–water partition coefficient (Wildman–Crippen LogP) is 2.83. The zero-order valence-corrected chi connectivity index (χ0v) is 6.55. The largest absolute Gasteiger partial charge is 0.0530 e. The Morgan fingerprint density at radius 2 is 1.20 bits per heavy atom. The molecule has 0 heteroatoms. The summed E-state index contributed by atoms with van der Waals surface area (Å²) in [5.41, 5.74) is 0. The fourth-order valence-corrected chi connectivity index (χ4v) is 3.57. The third-order valence-electron chi connectivity index (χ3n) is 4.31. The van der Waals surface area contributed by atoms with Gasteiger partial charge in [-0.3, -0.25) is 0 Å². The quantitative estimate of drug-likeness (QED) is 0.480. The molecule has 0 radical (unpaired) electrons. The fraction of sp³-hybridized carbons (Fsp3) is 1.00. The highest BCUT2D eigenvalue weighted by atomic mass is 14.6. The Balaban J connectivity index is 1.78. The van der Waals surface area contributed by atoms with Gasteiger partial charge in [-0.15, -0.1) is 0 Å². The number of hydrogen-bond acceptors (Lipinski definition) is 0. The van der Waals surface area contributed by atoms with Crippen LogP contribution in [0.4, 0.5) is 0 Å². The van der Waals surface area contributed by atoms with E-state index in [-0.39, 0.29) is 0 Å². The van der Waals surface area contributed by atoms with E-state index in [1.165, 1.54) is 23.7 Å². The van der Waals surface area contributed by atoms with Crippen LogP contribution in [0.15, 0.2) is 0 Å². The Hall–Kier alpha value is 0. The van der Waals surface area contributed by atoms with E-state index >= 15 is 0 Å². The van der Waals surface area contributed by atoms with E-state index in [1.807, 2.05) is 0 Å². The Morgan fingerprint density at radius 3 is 1.60 bits per heavy atom. The van der Waals surface area contributed by atoms with Crippen molar-refractivity contribution in [2.24, 2.45) is 23.7 Å². The SMILES string of the molecule is C1CCC2CC3C(C1)CC23. The second-order valence-electron chi connectivity index (χ2n) is 4.60. The highest BCUT2D eigenvalue weighted by molar-refractivity contribution is 5.02. The first-order valence-corrected chi connectivity index (χ1v) is 4.95. The third kappa shape index (κ3) is 0.538. The molecule has 0 N–H and O–H groups in total. The van der Waals surface area contributed by atoms with E-state index in [9.17, 15) is 0 Å². The molecule has 0 amide bonds. The Morgan fingerprint density at radius 1 is 0.700 bits per heavy atom. The van der Waals surface area contributed by atoms with Gasteiger partial charge in [-0.05, 0) is 36.5 Å². The van der Waals surface area contributed by atoms with Gasteiger partial charge in [-0.25, -0.2) is 0 Å². The molecule has 4 unspecified atom stereocenters. The molecule has 0 aromatic heterocycles. The van der Waals surface area contributed by atoms with Crippen molar-refractivity contribution in [3.63, 3.8) is 0 Å². The van der Waals surface area contributed by atoms with Gasteiger partial charge in [-0.1, -0.05) is 25.7 Å². The number of rotatable bonds is 0. The van der Waals surface area contributed by atoms with Gasteiger partial charge in [0.2, 0.25) is 0 Å². The van der Waals surface area contributed by atoms with Gasteiger partial charge in [-0.2, -0.15) is 0 Å². The molecule has 10 heavy (non-hydrogen) atoms. The first-order chi connectivity index (χ1) is 4.95. The molecular weight excluding hydrogens is 120 g/mol. The molecule has 5 fully saturated rings. The van der Waals surface area contributed by atoms with E-state index < -0.39 is 0 Å². The van der Waals surface area contributed by atoms with Gasteiger partial charge < -0.3 is 0 Å². The minimum absolute atomic E-state index is 1.20. The molecule has 5 saturated carbocycles. The third-order valence-corrected chi connectivity index (χ3v) is 4.31. The van der Waals surface area contributed by atoms with Gasteiger partial charge >= 0.3 is 0 Å². The molecule has 4 bridgehead atoms. The van der Waals surface area contributed by atoms with Crippen molar-refractivity contribution in [1.82, 2.24) is 0 Å². The average molecular weight is 136 g/mol. The average Bonchev–Trinajstić information content (AvgIpc) is 1.79. The zero-order chi connectivity index (χ0) is 6.55. The van der Waals surface area contributed by atoms with Crippen molar-refractivity contribution in [1.29, 1.82) is 0 Å². The molecule has 0 spiro atoms. The van der Waals surface area contributed by atoms with E-state index in [4.69, 9.17) is 0 Å². The normalized spacial score (nSPS) is 57.6. The lowest BCUT2D eigenvalue weighted by atomic mass is 9.45. The van der Waals surface area contributed by atoms with Crippen LogP contribution in [-0.4, -0.2) is 0 Å². The van der Waals surface area contributed by atoms with E-state index in [0.717, 1.165) is 0 Å². The van der Waals surface area contributed by atoms with Crippen LogP contribution in [0.2, 0.25) is 0 Å². The van der Waals surface area contributed by atoms with Crippen LogP contribution in [0.25, 0.3) is 0 Å². The second kappa shape index (κ2) is 1.78. The standard InChI is InChI=1S/C10H16/c1-2-4-8-6-9-7(3-1)5-10(8)9/h7-10H,1-6H2. The molecule has 0 aliphatic heterocycles. The van der Waals surface area contributed by atoms with Crippen LogP contribution in [0.3, 0.4) is 0 Å². The maximum absolute atomic E-state index is 1.62. The molecule has 4 atom stereocenters. The minimum Gasteiger partial charge on any atom is -0.0530 e. The molecule has 0 heterocycles. The molecule has 5 aliphatic carbocycles. The first kappa shape index (κ1) is 5.62. The van der Waals surface area contributed by atoms with E-state index in [0.29, 0.717) is 0 Å².